The molecule has 33 heavy (non-hydrogen) atoms. The monoisotopic (exact) mass is 438 g/mol. The van der Waals surface area contributed by atoms with Gasteiger partial charge in [-0.2, -0.15) is 0 Å². The van der Waals surface area contributed by atoms with Crippen LogP contribution in [0.2, 0.25) is 0 Å². The molecule has 0 saturated heterocycles. The SMILES string of the molecule is CCCCOc1cccc(-c2ccc(OB(Oc3ccccc3)Oc3ccccc3)cc2)c1. The van der Waals surface area contributed by atoms with E-state index in [1.54, 1.807) is 0 Å². The fraction of sp³-hybridized carbons (Fsp3) is 0.143. The highest BCUT2D eigenvalue weighted by Gasteiger charge is 2.30. The first-order valence-electron chi connectivity index (χ1n) is 11.2. The number of benzene rings is 4. The van der Waals surface area contributed by atoms with Crippen molar-refractivity contribution in [2.45, 2.75) is 19.8 Å². The van der Waals surface area contributed by atoms with Crippen molar-refractivity contribution >= 4 is 7.32 Å². The lowest BCUT2D eigenvalue weighted by molar-refractivity contribution is 0.307. The summed E-state index contributed by atoms with van der Waals surface area (Å²) in [6.45, 7) is 2.89. The lowest BCUT2D eigenvalue weighted by Gasteiger charge is -2.16. The molecule has 0 atom stereocenters. The van der Waals surface area contributed by atoms with Gasteiger partial charge in [-0.15, -0.1) is 0 Å². The molecule has 0 heterocycles. The summed E-state index contributed by atoms with van der Waals surface area (Å²) in [7, 11) is -0.934. The van der Waals surface area contributed by atoms with E-state index in [4.69, 9.17) is 18.7 Å². The van der Waals surface area contributed by atoms with Gasteiger partial charge in [0.1, 0.15) is 23.0 Å². The predicted molar refractivity (Wildman–Crippen MR) is 133 cm³/mol. The van der Waals surface area contributed by atoms with Crippen LogP contribution in [0.15, 0.2) is 109 Å². The average Bonchev–Trinajstić information content (AvgIpc) is 2.86. The molecule has 166 valence electrons. The van der Waals surface area contributed by atoms with E-state index >= 15 is 0 Å². The van der Waals surface area contributed by atoms with Gasteiger partial charge in [0.05, 0.1) is 6.61 Å². The van der Waals surface area contributed by atoms with E-state index in [9.17, 15) is 0 Å². The van der Waals surface area contributed by atoms with Crippen molar-refractivity contribution in [3.8, 4) is 34.1 Å². The smallest absolute Gasteiger partial charge is 0.494 e. The van der Waals surface area contributed by atoms with E-state index in [1.165, 1.54) is 0 Å². The largest absolute Gasteiger partial charge is 0.864 e. The molecule has 4 aromatic rings. The van der Waals surface area contributed by atoms with Crippen LogP contribution in [0, 0.1) is 0 Å². The number of hydrogen-bond acceptors (Lipinski definition) is 4. The molecule has 0 spiro atoms. The molecule has 0 amide bonds. The molecular weight excluding hydrogens is 411 g/mol. The van der Waals surface area contributed by atoms with Crippen molar-refractivity contribution in [3.63, 3.8) is 0 Å². The molecule has 0 aliphatic rings. The van der Waals surface area contributed by atoms with Gasteiger partial charge < -0.3 is 18.7 Å². The Labute approximate surface area is 195 Å². The summed E-state index contributed by atoms with van der Waals surface area (Å²) in [5.74, 6) is 2.85. The van der Waals surface area contributed by atoms with Crippen molar-refractivity contribution in [2.75, 3.05) is 6.61 Å². The van der Waals surface area contributed by atoms with Crippen LogP contribution in [0.4, 0.5) is 0 Å². The van der Waals surface area contributed by atoms with Gasteiger partial charge >= 0.3 is 7.32 Å². The summed E-state index contributed by atoms with van der Waals surface area (Å²) in [4.78, 5) is 0. The summed E-state index contributed by atoms with van der Waals surface area (Å²) >= 11 is 0. The first-order chi connectivity index (χ1) is 16.3. The third-order valence-electron chi connectivity index (χ3n) is 4.97. The highest BCUT2D eigenvalue weighted by molar-refractivity contribution is 6.39. The summed E-state index contributed by atoms with van der Waals surface area (Å²) in [6, 6.07) is 34.9. The maximum absolute atomic E-state index is 6.03. The Kier molecular flexibility index (Phi) is 7.91. The van der Waals surface area contributed by atoms with Gasteiger partial charge in [0.25, 0.3) is 0 Å². The lowest BCUT2D eigenvalue weighted by atomic mass is 10.1. The van der Waals surface area contributed by atoms with E-state index in [0.29, 0.717) is 17.2 Å². The third kappa shape index (κ3) is 6.81. The molecular formula is C28H27BO4. The van der Waals surface area contributed by atoms with Crippen molar-refractivity contribution < 1.29 is 18.7 Å². The molecule has 0 N–H and O–H groups in total. The predicted octanol–water partition coefficient (Wildman–Crippen LogP) is 7.05. The molecule has 4 rings (SSSR count). The second kappa shape index (κ2) is 11.7. The molecule has 0 aliphatic carbocycles. The Morgan fingerprint density at radius 1 is 0.545 bits per heavy atom. The zero-order valence-corrected chi connectivity index (χ0v) is 18.7. The van der Waals surface area contributed by atoms with Crippen LogP contribution in [0.5, 0.6) is 23.0 Å². The second-order valence-corrected chi connectivity index (χ2v) is 7.52. The fourth-order valence-corrected chi connectivity index (χ4v) is 3.23. The lowest BCUT2D eigenvalue weighted by Crippen LogP contribution is -2.36. The van der Waals surface area contributed by atoms with E-state index in [0.717, 1.165) is 36.3 Å². The van der Waals surface area contributed by atoms with Crippen LogP contribution in [0.3, 0.4) is 0 Å². The van der Waals surface area contributed by atoms with Gasteiger partial charge in [-0.05, 0) is 66.1 Å². The van der Waals surface area contributed by atoms with Gasteiger partial charge in [0.15, 0.2) is 0 Å². The molecule has 0 saturated carbocycles. The zero-order valence-electron chi connectivity index (χ0n) is 18.7. The number of rotatable bonds is 11. The molecule has 0 unspecified atom stereocenters. The summed E-state index contributed by atoms with van der Waals surface area (Å²) in [5, 5.41) is 0. The molecule has 0 bridgehead atoms. The summed E-state index contributed by atoms with van der Waals surface area (Å²) in [6.07, 6.45) is 2.16. The summed E-state index contributed by atoms with van der Waals surface area (Å²) in [5.41, 5.74) is 2.17. The summed E-state index contributed by atoms with van der Waals surface area (Å²) < 4.78 is 23.8. The van der Waals surface area contributed by atoms with Crippen LogP contribution in [-0.4, -0.2) is 13.9 Å². The Bertz CT molecular complexity index is 1060. The van der Waals surface area contributed by atoms with E-state index in [2.05, 4.69) is 19.1 Å². The minimum atomic E-state index is -0.934. The molecule has 0 radical (unpaired) electrons. The van der Waals surface area contributed by atoms with Gasteiger partial charge in [0.2, 0.25) is 0 Å². The third-order valence-corrected chi connectivity index (χ3v) is 4.97. The Morgan fingerprint density at radius 3 is 1.67 bits per heavy atom. The standard InChI is InChI=1S/C28H27BO4/c1-2-3-21-30-28-16-10-11-24(22-28)23-17-19-27(20-18-23)33-29(31-25-12-6-4-7-13-25)32-26-14-8-5-9-15-26/h4-20,22H,2-3,21H2,1H3. The first-order valence-corrected chi connectivity index (χ1v) is 11.2. The highest BCUT2D eigenvalue weighted by atomic mass is 16.7. The van der Waals surface area contributed by atoms with Crippen molar-refractivity contribution in [1.82, 2.24) is 0 Å². The average molecular weight is 438 g/mol. The Morgan fingerprint density at radius 2 is 1.09 bits per heavy atom. The topological polar surface area (TPSA) is 36.9 Å². The quantitative estimate of drug-likeness (QED) is 0.186. The van der Waals surface area contributed by atoms with Crippen molar-refractivity contribution in [1.29, 1.82) is 0 Å². The maximum Gasteiger partial charge on any atom is 0.864 e. The van der Waals surface area contributed by atoms with Crippen LogP contribution in [0.25, 0.3) is 11.1 Å². The number of hydrogen-bond donors (Lipinski definition) is 0. The second-order valence-electron chi connectivity index (χ2n) is 7.52. The van der Waals surface area contributed by atoms with Gasteiger partial charge in [-0.25, -0.2) is 0 Å². The van der Waals surface area contributed by atoms with Crippen LogP contribution < -0.4 is 18.7 Å². The van der Waals surface area contributed by atoms with Crippen LogP contribution in [-0.2, 0) is 0 Å². The maximum atomic E-state index is 6.03. The van der Waals surface area contributed by atoms with Crippen molar-refractivity contribution in [2.24, 2.45) is 0 Å². The Hall–Kier alpha value is -3.86. The number of ether oxygens (including phenoxy) is 1. The minimum Gasteiger partial charge on any atom is -0.494 e. The van der Waals surface area contributed by atoms with Gasteiger partial charge in [-0.1, -0.05) is 74.0 Å². The van der Waals surface area contributed by atoms with E-state index in [-0.39, 0.29) is 0 Å². The fourth-order valence-electron chi connectivity index (χ4n) is 3.23. The molecule has 5 heteroatoms. The molecule has 4 aromatic carbocycles. The Balaban J connectivity index is 1.46. The first kappa shape index (κ1) is 22.3. The number of unbranched alkanes of at least 4 members (excludes halogenated alkanes) is 1. The zero-order chi connectivity index (χ0) is 22.7. The van der Waals surface area contributed by atoms with Gasteiger partial charge in [-0.3, -0.25) is 0 Å². The van der Waals surface area contributed by atoms with Crippen molar-refractivity contribution in [3.05, 3.63) is 109 Å². The van der Waals surface area contributed by atoms with Crippen LogP contribution in [0.1, 0.15) is 19.8 Å². The minimum absolute atomic E-state index is 0.644. The molecule has 0 aliphatic heterocycles. The normalized spacial score (nSPS) is 10.3. The van der Waals surface area contributed by atoms with E-state index < -0.39 is 7.32 Å². The number of para-hydroxylation sites is 2. The molecule has 0 aromatic heterocycles. The molecule has 4 nitrogen and oxygen atoms in total. The van der Waals surface area contributed by atoms with E-state index in [1.807, 2.05) is 97.1 Å². The molecule has 0 fully saturated rings. The highest BCUT2D eigenvalue weighted by Crippen LogP contribution is 2.26. The van der Waals surface area contributed by atoms with Gasteiger partial charge in [0, 0.05) is 0 Å². The van der Waals surface area contributed by atoms with Crippen LogP contribution >= 0.6 is 0 Å².